The zero-order chi connectivity index (χ0) is 14.9. The molecule has 1 saturated heterocycles. The lowest BCUT2D eigenvalue weighted by molar-refractivity contribution is -0.142. The van der Waals surface area contributed by atoms with E-state index in [0.717, 1.165) is 12.1 Å². The third-order valence-corrected chi connectivity index (χ3v) is 3.36. The second-order valence-corrected chi connectivity index (χ2v) is 5.04. The van der Waals surface area contributed by atoms with Crippen molar-refractivity contribution in [2.24, 2.45) is 0 Å². The van der Waals surface area contributed by atoms with Crippen molar-refractivity contribution >= 4 is 5.97 Å². The molecule has 1 aromatic rings. The van der Waals surface area contributed by atoms with Gasteiger partial charge in [-0.3, -0.25) is 10.1 Å². The second-order valence-electron chi connectivity index (χ2n) is 5.04. The van der Waals surface area contributed by atoms with Crippen LogP contribution in [0.4, 0.5) is 13.2 Å². The summed E-state index contributed by atoms with van der Waals surface area (Å²) < 4.78 is 42.4. The summed E-state index contributed by atoms with van der Waals surface area (Å²) in [7, 11) is 0. The van der Waals surface area contributed by atoms with Crippen LogP contribution in [0.1, 0.15) is 37.4 Å². The number of alkyl halides is 3. The van der Waals surface area contributed by atoms with E-state index in [1.54, 1.807) is 6.92 Å². The van der Waals surface area contributed by atoms with Crippen LogP contribution in [0.3, 0.4) is 0 Å². The summed E-state index contributed by atoms with van der Waals surface area (Å²) in [5.41, 5.74) is 0.0210. The van der Waals surface area contributed by atoms with E-state index in [2.05, 4.69) is 5.32 Å². The molecule has 3 nitrogen and oxygen atoms in total. The van der Waals surface area contributed by atoms with Gasteiger partial charge in [-0.2, -0.15) is 13.2 Å². The fraction of sp³-hybridized carbons (Fsp3) is 0.500. The highest BCUT2D eigenvalue weighted by Crippen LogP contribution is 2.30. The van der Waals surface area contributed by atoms with Gasteiger partial charge in [0.25, 0.3) is 0 Å². The topological polar surface area (TPSA) is 38.3 Å². The first-order valence-electron chi connectivity index (χ1n) is 6.41. The highest BCUT2D eigenvalue weighted by molar-refractivity contribution is 5.78. The molecule has 1 aromatic carbocycles. The third-order valence-electron chi connectivity index (χ3n) is 3.36. The number of hydrogen-bond donors (Lipinski definition) is 1. The SMILES string of the molecule is C[C@@H]1C[C@@H](N[C@@H](C)c2ccc(C(F)(F)F)cc2)C(=O)O1. The second kappa shape index (κ2) is 5.44. The molecule has 20 heavy (non-hydrogen) atoms. The lowest BCUT2D eigenvalue weighted by Gasteiger charge is -2.18. The molecule has 0 bridgehead atoms. The molecule has 1 heterocycles. The quantitative estimate of drug-likeness (QED) is 0.868. The smallest absolute Gasteiger partial charge is 0.416 e. The molecule has 1 aliphatic rings. The van der Waals surface area contributed by atoms with Crippen molar-refractivity contribution in [1.82, 2.24) is 5.32 Å². The van der Waals surface area contributed by atoms with E-state index < -0.39 is 17.8 Å². The predicted octanol–water partition coefficient (Wildman–Crippen LogP) is 3.06. The highest BCUT2D eigenvalue weighted by atomic mass is 19.4. The Kier molecular flexibility index (Phi) is 4.04. The van der Waals surface area contributed by atoms with Gasteiger partial charge in [0.05, 0.1) is 5.56 Å². The van der Waals surface area contributed by atoms with E-state index in [9.17, 15) is 18.0 Å². The first-order chi connectivity index (χ1) is 9.27. The largest absolute Gasteiger partial charge is 0.461 e. The maximum atomic E-state index is 12.5. The van der Waals surface area contributed by atoms with Crippen molar-refractivity contribution in [2.45, 2.75) is 44.6 Å². The van der Waals surface area contributed by atoms with Gasteiger partial charge in [-0.1, -0.05) is 12.1 Å². The van der Waals surface area contributed by atoms with Crippen LogP contribution in [0.15, 0.2) is 24.3 Å². The molecule has 0 unspecified atom stereocenters. The zero-order valence-electron chi connectivity index (χ0n) is 11.2. The molecular formula is C14H16F3NO2. The third kappa shape index (κ3) is 3.30. The summed E-state index contributed by atoms with van der Waals surface area (Å²) in [4.78, 5) is 11.5. The van der Waals surface area contributed by atoms with Crippen LogP contribution in [-0.2, 0) is 15.7 Å². The first kappa shape index (κ1) is 14.8. The average molecular weight is 287 g/mol. The van der Waals surface area contributed by atoms with E-state index >= 15 is 0 Å². The number of hydrogen-bond acceptors (Lipinski definition) is 3. The summed E-state index contributed by atoms with van der Waals surface area (Å²) >= 11 is 0. The van der Waals surface area contributed by atoms with Crippen molar-refractivity contribution in [1.29, 1.82) is 0 Å². The molecular weight excluding hydrogens is 271 g/mol. The van der Waals surface area contributed by atoms with Crippen molar-refractivity contribution < 1.29 is 22.7 Å². The number of nitrogens with one attached hydrogen (secondary N) is 1. The van der Waals surface area contributed by atoms with Gasteiger partial charge in [-0.05, 0) is 31.5 Å². The molecule has 0 spiro atoms. The molecule has 1 N–H and O–H groups in total. The van der Waals surface area contributed by atoms with Crippen LogP contribution in [-0.4, -0.2) is 18.1 Å². The van der Waals surface area contributed by atoms with Crippen LogP contribution in [0, 0.1) is 0 Å². The normalized spacial score (nSPS) is 24.6. The maximum Gasteiger partial charge on any atom is 0.416 e. The van der Waals surface area contributed by atoms with Gasteiger partial charge in [0, 0.05) is 12.5 Å². The minimum Gasteiger partial charge on any atom is -0.461 e. The monoisotopic (exact) mass is 287 g/mol. The molecule has 2 rings (SSSR count). The van der Waals surface area contributed by atoms with Gasteiger partial charge in [0.1, 0.15) is 12.1 Å². The molecule has 6 heteroatoms. The summed E-state index contributed by atoms with van der Waals surface area (Å²) in [5.74, 6) is -0.309. The molecule has 1 aliphatic heterocycles. The number of ether oxygens (including phenoxy) is 1. The Hall–Kier alpha value is -1.56. The molecule has 3 atom stereocenters. The van der Waals surface area contributed by atoms with E-state index in [1.807, 2.05) is 6.92 Å². The molecule has 0 aliphatic carbocycles. The summed E-state index contributed by atoms with van der Waals surface area (Å²) in [6.07, 6.45) is -3.89. The van der Waals surface area contributed by atoms with Gasteiger partial charge in [0.2, 0.25) is 0 Å². The summed E-state index contributed by atoms with van der Waals surface area (Å²) in [5, 5.41) is 3.08. The Morgan fingerprint density at radius 2 is 1.90 bits per heavy atom. The zero-order valence-corrected chi connectivity index (χ0v) is 11.2. The van der Waals surface area contributed by atoms with Crippen molar-refractivity contribution in [3.63, 3.8) is 0 Å². The Morgan fingerprint density at radius 3 is 2.35 bits per heavy atom. The van der Waals surface area contributed by atoms with Crippen molar-refractivity contribution in [2.75, 3.05) is 0 Å². The molecule has 1 fully saturated rings. The Balaban J connectivity index is 2.03. The van der Waals surface area contributed by atoms with Gasteiger partial charge in [0.15, 0.2) is 0 Å². The van der Waals surface area contributed by atoms with Crippen LogP contribution < -0.4 is 5.32 Å². The van der Waals surface area contributed by atoms with E-state index in [0.29, 0.717) is 12.0 Å². The number of esters is 1. The molecule has 0 radical (unpaired) electrons. The molecule has 0 amide bonds. The molecule has 0 saturated carbocycles. The average Bonchev–Trinajstić information content (AvgIpc) is 2.67. The predicted molar refractivity (Wildman–Crippen MR) is 67.0 cm³/mol. The van der Waals surface area contributed by atoms with Crippen molar-refractivity contribution in [3.8, 4) is 0 Å². The lowest BCUT2D eigenvalue weighted by atomic mass is 10.0. The van der Waals surface area contributed by atoms with E-state index in [1.165, 1.54) is 12.1 Å². The van der Waals surface area contributed by atoms with Crippen LogP contribution in [0.2, 0.25) is 0 Å². The van der Waals surface area contributed by atoms with E-state index in [-0.39, 0.29) is 18.1 Å². The number of cyclic esters (lactones) is 1. The van der Waals surface area contributed by atoms with Crippen molar-refractivity contribution in [3.05, 3.63) is 35.4 Å². The fourth-order valence-electron chi connectivity index (χ4n) is 2.25. The first-order valence-corrected chi connectivity index (χ1v) is 6.41. The van der Waals surface area contributed by atoms with Gasteiger partial charge >= 0.3 is 12.1 Å². The minimum absolute atomic E-state index is 0.125. The minimum atomic E-state index is -4.33. The highest BCUT2D eigenvalue weighted by Gasteiger charge is 2.33. The summed E-state index contributed by atoms with van der Waals surface area (Å²) in [6, 6.07) is 4.31. The number of benzene rings is 1. The summed E-state index contributed by atoms with van der Waals surface area (Å²) in [6.45, 7) is 3.61. The Bertz CT molecular complexity index is 484. The van der Waals surface area contributed by atoms with Crippen LogP contribution >= 0.6 is 0 Å². The molecule has 110 valence electrons. The number of halogens is 3. The Labute approximate surface area is 115 Å². The van der Waals surface area contributed by atoms with Gasteiger partial charge < -0.3 is 4.74 Å². The fourth-order valence-corrected chi connectivity index (χ4v) is 2.25. The number of carbonyl (C=O) groups excluding carboxylic acids is 1. The number of rotatable bonds is 3. The van der Waals surface area contributed by atoms with E-state index in [4.69, 9.17) is 4.74 Å². The standard InChI is InChI=1S/C14H16F3NO2/c1-8-7-12(13(19)20-8)18-9(2)10-3-5-11(6-4-10)14(15,16)17/h3-6,8-9,12,18H,7H2,1-2H3/t8-,9+,12-/m1/s1. The lowest BCUT2D eigenvalue weighted by Crippen LogP contribution is -2.35. The van der Waals surface area contributed by atoms with Gasteiger partial charge in [-0.25, -0.2) is 0 Å². The van der Waals surface area contributed by atoms with Gasteiger partial charge in [-0.15, -0.1) is 0 Å². The van der Waals surface area contributed by atoms with Crippen LogP contribution in [0.25, 0.3) is 0 Å². The van der Waals surface area contributed by atoms with Crippen LogP contribution in [0.5, 0.6) is 0 Å². The molecule has 0 aromatic heterocycles. The number of carbonyl (C=O) groups is 1. The Morgan fingerprint density at radius 1 is 1.30 bits per heavy atom. The maximum absolute atomic E-state index is 12.5.